The summed E-state index contributed by atoms with van der Waals surface area (Å²) in [5.41, 5.74) is 2.20. The van der Waals surface area contributed by atoms with E-state index in [1.807, 2.05) is 12.1 Å². The Balaban J connectivity index is 1.55. The molecule has 1 aliphatic carbocycles. The molecule has 1 saturated carbocycles. The van der Waals surface area contributed by atoms with Gasteiger partial charge < -0.3 is 20.4 Å². The number of nitrogens with one attached hydrogen (secondary N) is 1. The number of β-lactam (4-membered cyclic amide) rings is 1. The SMILES string of the molecule is C[C@@H](O)[C@H]1C(=O)N2C(C(=O)O)=C3[C@@H](CNCc4ccncc4)CCC[C@@H]3[C@H]12. The third-order valence-corrected chi connectivity index (χ3v) is 6.21. The molecule has 7 nitrogen and oxygen atoms in total. The molecule has 4 rings (SSSR count). The van der Waals surface area contributed by atoms with Crippen LogP contribution in [0.4, 0.5) is 0 Å². The number of rotatable bonds is 6. The van der Waals surface area contributed by atoms with E-state index in [-0.39, 0.29) is 29.5 Å². The van der Waals surface area contributed by atoms with Crippen LogP contribution in [0.2, 0.25) is 0 Å². The molecule has 3 heterocycles. The van der Waals surface area contributed by atoms with Crippen molar-refractivity contribution >= 4 is 11.9 Å². The maximum atomic E-state index is 12.5. The molecule has 2 fully saturated rings. The first-order valence-electron chi connectivity index (χ1n) is 9.58. The first-order valence-corrected chi connectivity index (χ1v) is 9.58. The number of hydrogen-bond acceptors (Lipinski definition) is 5. The van der Waals surface area contributed by atoms with Gasteiger partial charge in [-0.1, -0.05) is 6.42 Å². The summed E-state index contributed by atoms with van der Waals surface area (Å²) in [5, 5.41) is 23.2. The van der Waals surface area contributed by atoms with E-state index in [4.69, 9.17) is 0 Å². The van der Waals surface area contributed by atoms with Gasteiger partial charge in [-0.3, -0.25) is 9.78 Å². The molecular weight excluding hydrogens is 346 g/mol. The van der Waals surface area contributed by atoms with Gasteiger partial charge in [0.15, 0.2) is 0 Å². The lowest BCUT2D eigenvalue weighted by atomic mass is 9.69. The molecule has 7 heteroatoms. The zero-order chi connectivity index (χ0) is 19.1. The van der Waals surface area contributed by atoms with Crippen molar-refractivity contribution in [2.24, 2.45) is 17.8 Å². The Morgan fingerprint density at radius 1 is 1.37 bits per heavy atom. The van der Waals surface area contributed by atoms with E-state index in [0.717, 1.165) is 30.4 Å². The molecule has 2 aliphatic heterocycles. The maximum absolute atomic E-state index is 12.5. The van der Waals surface area contributed by atoms with Gasteiger partial charge in [-0.2, -0.15) is 0 Å². The second kappa shape index (κ2) is 7.05. The number of hydrogen-bond donors (Lipinski definition) is 3. The zero-order valence-corrected chi connectivity index (χ0v) is 15.3. The number of aliphatic carboxylic acids is 1. The fraction of sp³-hybridized carbons (Fsp3) is 0.550. The fourth-order valence-electron chi connectivity index (χ4n) is 5.10. The monoisotopic (exact) mass is 371 g/mol. The minimum absolute atomic E-state index is 0.0508. The van der Waals surface area contributed by atoms with Crippen molar-refractivity contribution in [3.63, 3.8) is 0 Å². The number of carboxylic acids is 1. The Morgan fingerprint density at radius 3 is 2.78 bits per heavy atom. The first-order chi connectivity index (χ1) is 13.0. The van der Waals surface area contributed by atoms with Crippen LogP contribution in [0.1, 0.15) is 31.7 Å². The molecule has 0 aromatic carbocycles. The van der Waals surface area contributed by atoms with Gasteiger partial charge in [-0.25, -0.2) is 4.79 Å². The molecule has 0 bridgehead atoms. The molecular formula is C20H25N3O4. The van der Waals surface area contributed by atoms with E-state index < -0.39 is 18.0 Å². The molecule has 5 atom stereocenters. The number of carboxylic acid groups (broad SMARTS) is 1. The van der Waals surface area contributed by atoms with Crippen LogP contribution in [0.5, 0.6) is 0 Å². The third kappa shape index (κ3) is 2.95. The highest BCUT2D eigenvalue weighted by molar-refractivity contribution is 6.00. The predicted molar refractivity (Wildman–Crippen MR) is 97.2 cm³/mol. The van der Waals surface area contributed by atoms with Crippen LogP contribution in [0.25, 0.3) is 0 Å². The Hall–Kier alpha value is -2.25. The molecule has 1 aromatic rings. The van der Waals surface area contributed by atoms with E-state index in [0.29, 0.717) is 13.1 Å². The Labute approximate surface area is 158 Å². The summed E-state index contributed by atoms with van der Waals surface area (Å²) in [4.78, 5) is 29.9. The largest absolute Gasteiger partial charge is 0.477 e. The summed E-state index contributed by atoms with van der Waals surface area (Å²) >= 11 is 0. The lowest BCUT2D eigenvalue weighted by Gasteiger charge is -2.47. The predicted octanol–water partition coefficient (Wildman–Crippen LogP) is 1.15. The van der Waals surface area contributed by atoms with Gasteiger partial charge >= 0.3 is 5.97 Å². The number of aliphatic hydroxyl groups is 1. The molecule has 144 valence electrons. The Bertz CT molecular complexity index is 777. The van der Waals surface area contributed by atoms with Gasteiger partial charge in [-0.15, -0.1) is 0 Å². The van der Waals surface area contributed by atoms with Gasteiger partial charge in [0.25, 0.3) is 0 Å². The Morgan fingerprint density at radius 2 is 2.11 bits per heavy atom. The lowest BCUT2D eigenvalue weighted by molar-refractivity contribution is -0.163. The van der Waals surface area contributed by atoms with Gasteiger partial charge in [0.1, 0.15) is 5.70 Å². The van der Waals surface area contributed by atoms with Crippen LogP contribution < -0.4 is 5.32 Å². The number of aliphatic hydroxyl groups excluding tert-OH is 1. The highest BCUT2D eigenvalue weighted by atomic mass is 16.4. The number of aromatic nitrogens is 1. The van der Waals surface area contributed by atoms with Crippen LogP contribution in [0, 0.1) is 17.8 Å². The molecule has 0 unspecified atom stereocenters. The molecule has 0 radical (unpaired) electrons. The van der Waals surface area contributed by atoms with Crippen molar-refractivity contribution in [3.8, 4) is 0 Å². The van der Waals surface area contributed by atoms with Gasteiger partial charge in [0, 0.05) is 31.4 Å². The molecule has 1 aromatic heterocycles. The minimum atomic E-state index is -1.03. The van der Waals surface area contributed by atoms with Crippen LogP contribution in [0.3, 0.4) is 0 Å². The standard InChI is InChI=1S/C20H25N3O4/c1-11(24)15-17-14-4-2-3-13(10-22-9-12-5-7-21-8-6-12)16(14)18(20(26)27)23(17)19(15)25/h5-8,11,13-15,17,22,24H,2-4,9-10H2,1H3,(H,26,27)/t11-,13-,14+,15-,17-/m1/s1. The quantitative estimate of drug-likeness (QED) is 0.648. The smallest absolute Gasteiger partial charge is 0.352 e. The number of amides is 1. The van der Waals surface area contributed by atoms with E-state index in [1.54, 1.807) is 19.3 Å². The highest BCUT2D eigenvalue weighted by Gasteiger charge is 2.62. The zero-order valence-electron chi connectivity index (χ0n) is 15.3. The highest BCUT2D eigenvalue weighted by Crippen LogP contribution is 2.53. The number of carbonyl (C=O) groups is 2. The molecule has 27 heavy (non-hydrogen) atoms. The maximum Gasteiger partial charge on any atom is 0.352 e. The number of nitrogens with zero attached hydrogens (tertiary/aromatic N) is 2. The average Bonchev–Trinajstić information content (AvgIpc) is 2.94. The average molecular weight is 371 g/mol. The summed E-state index contributed by atoms with van der Waals surface area (Å²) in [5.74, 6) is -1.61. The Kier molecular flexibility index (Phi) is 4.74. The van der Waals surface area contributed by atoms with Crippen LogP contribution in [0.15, 0.2) is 35.8 Å². The minimum Gasteiger partial charge on any atom is -0.477 e. The number of fused-ring (bicyclic) bond motifs is 3. The van der Waals surface area contributed by atoms with E-state index in [1.165, 1.54) is 4.90 Å². The van der Waals surface area contributed by atoms with Gasteiger partial charge in [-0.05, 0) is 49.0 Å². The van der Waals surface area contributed by atoms with Crippen molar-refractivity contribution in [1.82, 2.24) is 15.2 Å². The summed E-state index contributed by atoms with van der Waals surface area (Å²) in [6.07, 6.45) is 5.56. The van der Waals surface area contributed by atoms with Crippen molar-refractivity contribution in [3.05, 3.63) is 41.4 Å². The van der Waals surface area contributed by atoms with Crippen molar-refractivity contribution < 1.29 is 19.8 Å². The van der Waals surface area contributed by atoms with Gasteiger partial charge in [0.2, 0.25) is 5.91 Å². The molecule has 1 amide bonds. The summed E-state index contributed by atoms with van der Waals surface area (Å²) < 4.78 is 0. The van der Waals surface area contributed by atoms with Crippen molar-refractivity contribution in [1.29, 1.82) is 0 Å². The summed E-state index contributed by atoms with van der Waals surface area (Å²) in [6.45, 7) is 3.00. The van der Waals surface area contributed by atoms with Crippen LogP contribution in [-0.2, 0) is 16.1 Å². The summed E-state index contributed by atoms with van der Waals surface area (Å²) in [7, 11) is 0. The lowest BCUT2D eigenvalue weighted by Crippen LogP contribution is -2.64. The number of carbonyl (C=O) groups excluding carboxylic acids is 1. The normalized spacial score (nSPS) is 30.6. The molecule has 3 aliphatic rings. The molecule has 1 saturated heterocycles. The fourth-order valence-corrected chi connectivity index (χ4v) is 5.10. The van der Waals surface area contributed by atoms with E-state index >= 15 is 0 Å². The first kappa shape index (κ1) is 18.1. The third-order valence-electron chi connectivity index (χ3n) is 6.21. The topological polar surface area (TPSA) is 103 Å². The van der Waals surface area contributed by atoms with Crippen LogP contribution >= 0.6 is 0 Å². The second-order valence-corrected chi connectivity index (χ2v) is 7.80. The number of pyridine rings is 1. The van der Waals surface area contributed by atoms with Gasteiger partial charge in [0.05, 0.1) is 18.1 Å². The van der Waals surface area contributed by atoms with Crippen LogP contribution in [-0.4, -0.2) is 50.7 Å². The van der Waals surface area contributed by atoms with E-state index in [2.05, 4.69) is 10.3 Å². The van der Waals surface area contributed by atoms with E-state index in [9.17, 15) is 19.8 Å². The van der Waals surface area contributed by atoms with Crippen molar-refractivity contribution in [2.45, 2.75) is 44.9 Å². The molecule has 3 N–H and O–H groups in total. The van der Waals surface area contributed by atoms with Crippen molar-refractivity contribution in [2.75, 3.05) is 6.54 Å². The molecule has 0 spiro atoms. The summed E-state index contributed by atoms with van der Waals surface area (Å²) in [6, 6.07) is 3.71. The second-order valence-electron chi connectivity index (χ2n) is 7.80.